The second-order valence-electron chi connectivity index (χ2n) is 3.71. The van der Waals surface area contributed by atoms with Gasteiger partial charge in [-0.25, -0.2) is 0 Å². The molecule has 0 aliphatic heterocycles. The van der Waals surface area contributed by atoms with Gasteiger partial charge in [0, 0.05) is 24.3 Å². The third-order valence-electron chi connectivity index (χ3n) is 1.86. The van der Waals surface area contributed by atoms with Crippen LogP contribution in [0.15, 0.2) is 24.3 Å². The summed E-state index contributed by atoms with van der Waals surface area (Å²) in [5.74, 6) is -0.778. The highest BCUT2D eigenvalue weighted by atomic mass is 35.5. The topological polar surface area (TPSA) is 29.1 Å². The van der Waals surface area contributed by atoms with E-state index in [2.05, 4.69) is 5.32 Å². The second-order valence-corrected chi connectivity index (χ2v) is 4.15. The highest BCUT2D eigenvalue weighted by Gasteiger charge is 2.20. The van der Waals surface area contributed by atoms with E-state index in [-0.39, 0.29) is 10.6 Å². The summed E-state index contributed by atoms with van der Waals surface area (Å²) in [7, 11) is 0. The molecule has 0 bridgehead atoms. The monoisotopic (exact) mass is 246 g/mol. The van der Waals surface area contributed by atoms with E-state index in [0.29, 0.717) is 0 Å². The first kappa shape index (κ1) is 6.18. The first-order chi connectivity index (χ1) is 10.1. The predicted octanol–water partition coefficient (Wildman–Crippen LogP) is 3.30. The number of hydrogen-bond donors (Lipinski definition) is 1. The molecule has 3 heteroatoms. The average molecular weight is 247 g/mol. The van der Waals surface area contributed by atoms with Crippen molar-refractivity contribution in [3.63, 3.8) is 0 Å². The van der Waals surface area contributed by atoms with Crippen molar-refractivity contribution in [3.05, 3.63) is 34.9 Å². The van der Waals surface area contributed by atoms with Crippen LogP contribution in [0, 0.1) is 0 Å². The summed E-state index contributed by atoms with van der Waals surface area (Å²) < 4.78 is 53.1. The summed E-state index contributed by atoms with van der Waals surface area (Å²) in [4.78, 5) is 12.5. The van der Waals surface area contributed by atoms with E-state index < -0.39 is 31.0 Å². The fourth-order valence-corrected chi connectivity index (χ4v) is 1.47. The van der Waals surface area contributed by atoms with Gasteiger partial charge in [-0.05, 0) is 39.7 Å². The molecule has 0 radical (unpaired) electrons. The van der Waals surface area contributed by atoms with Crippen molar-refractivity contribution in [1.82, 2.24) is 5.32 Å². The molecule has 88 valence electrons. The number of ketones is 1. The molecule has 0 aliphatic rings. The van der Waals surface area contributed by atoms with Crippen molar-refractivity contribution in [2.75, 3.05) is 0 Å². The zero-order valence-corrected chi connectivity index (χ0v) is 9.85. The molecular formula is C13H18ClNO. The van der Waals surface area contributed by atoms with E-state index in [9.17, 15) is 4.79 Å². The zero-order valence-electron chi connectivity index (χ0n) is 16.1. The average Bonchev–Trinajstić information content (AvgIpc) is 2.34. The van der Waals surface area contributed by atoms with Crippen LogP contribution < -0.4 is 5.32 Å². The van der Waals surface area contributed by atoms with Gasteiger partial charge in [0.1, 0.15) is 0 Å². The van der Waals surface area contributed by atoms with Gasteiger partial charge in [-0.1, -0.05) is 23.7 Å². The van der Waals surface area contributed by atoms with Crippen LogP contribution in [0.2, 0.25) is 5.02 Å². The van der Waals surface area contributed by atoms with Crippen LogP contribution in [0.25, 0.3) is 0 Å². The SMILES string of the molecule is [2H]C(C)(NC(C)(C([2H])([2H])[2H])C([2H])([2H])[2H])C(=O)c1cccc(Cl)c1. The minimum Gasteiger partial charge on any atom is -0.303 e. The van der Waals surface area contributed by atoms with Crippen LogP contribution in [0.1, 0.15) is 47.5 Å². The number of carbonyl (C=O) groups is 1. The Morgan fingerprint density at radius 1 is 1.62 bits per heavy atom. The Labute approximate surface area is 112 Å². The Bertz CT molecular complexity index is 581. The fraction of sp³-hybridized carbons (Fsp3) is 0.462. The number of benzene rings is 1. The van der Waals surface area contributed by atoms with Gasteiger partial charge in [-0.2, -0.15) is 0 Å². The van der Waals surface area contributed by atoms with Crippen molar-refractivity contribution < 1.29 is 14.4 Å². The Kier molecular flexibility index (Phi) is 1.92. The number of Topliss-reactive ketones (excluding diaryl/α,β-unsaturated/α-hetero) is 1. The summed E-state index contributed by atoms with van der Waals surface area (Å²) >= 11 is 5.80. The molecule has 0 aromatic heterocycles. The largest absolute Gasteiger partial charge is 0.303 e. The van der Waals surface area contributed by atoms with Gasteiger partial charge in [0.15, 0.2) is 5.78 Å². The standard InChI is InChI=1S/C13H18ClNO/c1-9(15-13(2,3)4)12(16)10-6-5-7-11(14)8-10/h5-9,15H,1-4H3/i2D3,3D3,9D. The maximum atomic E-state index is 12.5. The minimum atomic E-state index is -2.95. The maximum Gasteiger partial charge on any atom is 0.179 e. The first-order valence-electron chi connectivity index (χ1n) is 8.21. The lowest BCUT2D eigenvalue weighted by atomic mass is 10.0. The summed E-state index contributed by atoms with van der Waals surface area (Å²) in [6, 6.07) is 3.65. The van der Waals surface area contributed by atoms with E-state index in [1.807, 2.05) is 0 Å². The third-order valence-corrected chi connectivity index (χ3v) is 2.10. The van der Waals surface area contributed by atoms with Gasteiger partial charge in [0.2, 0.25) is 0 Å². The lowest BCUT2D eigenvalue weighted by Crippen LogP contribution is -2.46. The molecule has 1 atom stereocenters. The second kappa shape index (κ2) is 4.98. The first-order valence-corrected chi connectivity index (χ1v) is 5.09. The molecule has 0 fully saturated rings. The molecule has 1 unspecified atom stereocenters. The number of carbonyl (C=O) groups excluding carboxylic acids is 1. The maximum absolute atomic E-state index is 12.5. The Morgan fingerprint density at radius 2 is 2.31 bits per heavy atom. The molecule has 1 aromatic carbocycles. The van der Waals surface area contributed by atoms with Crippen LogP contribution in [-0.2, 0) is 0 Å². The van der Waals surface area contributed by atoms with Gasteiger partial charge < -0.3 is 5.32 Å². The zero-order chi connectivity index (χ0) is 18.3. The Hall–Kier alpha value is -0.860. The normalized spacial score (nSPS) is 23.6. The van der Waals surface area contributed by atoms with Crippen LogP contribution in [0.5, 0.6) is 0 Å². The smallest absolute Gasteiger partial charge is 0.179 e. The number of nitrogens with one attached hydrogen (secondary N) is 1. The van der Waals surface area contributed by atoms with Crippen LogP contribution in [0.4, 0.5) is 0 Å². The predicted molar refractivity (Wildman–Crippen MR) is 68.1 cm³/mol. The van der Waals surface area contributed by atoms with Crippen molar-refractivity contribution in [1.29, 1.82) is 0 Å². The van der Waals surface area contributed by atoms with Crippen molar-refractivity contribution in [2.24, 2.45) is 0 Å². The molecule has 0 saturated carbocycles. The summed E-state index contributed by atoms with van der Waals surface area (Å²) in [6.07, 6.45) is 0. The van der Waals surface area contributed by atoms with Gasteiger partial charge in [0.05, 0.1) is 7.39 Å². The van der Waals surface area contributed by atoms with E-state index >= 15 is 0 Å². The highest BCUT2D eigenvalue weighted by molar-refractivity contribution is 6.31. The Balaban J connectivity index is 3.24. The van der Waals surface area contributed by atoms with E-state index in [4.69, 9.17) is 21.2 Å². The van der Waals surface area contributed by atoms with Crippen LogP contribution >= 0.6 is 11.6 Å². The molecule has 1 N–H and O–H groups in total. The fourth-order valence-electron chi connectivity index (χ4n) is 1.28. The molecular weight excluding hydrogens is 222 g/mol. The Morgan fingerprint density at radius 3 is 2.88 bits per heavy atom. The van der Waals surface area contributed by atoms with Crippen molar-refractivity contribution >= 4 is 17.4 Å². The molecule has 1 rings (SSSR count). The van der Waals surface area contributed by atoms with E-state index in [1.165, 1.54) is 18.2 Å². The molecule has 0 heterocycles. The summed E-state index contributed by atoms with van der Waals surface area (Å²) in [5, 5.41) is 2.50. The highest BCUT2D eigenvalue weighted by Crippen LogP contribution is 2.13. The number of rotatable bonds is 3. The summed E-state index contributed by atoms with van der Waals surface area (Å²) in [6.45, 7) is -3.82. The molecule has 0 saturated heterocycles. The molecule has 2 nitrogen and oxygen atoms in total. The van der Waals surface area contributed by atoms with Crippen LogP contribution in [-0.4, -0.2) is 17.3 Å². The van der Waals surface area contributed by atoms with Crippen molar-refractivity contribution in [3.8, 4) is 0 Å². The molecule has 1 aromatic rings. The van der Waals surface area contributed by atoms with Crippen LogP contribution in [0.3, 0.4) is 0 Å². The number of hydrogen-bond acceptors (Lipinski definition) is 2. The van der Waals surface area contributed by atoms with Gasteiger partial charge >= 0.3 is 0 Å². The molecule has 16 heavy (non-hydrogen) atoms. The van der Waals surface area contributed by atoms with Gasteiger partial charge in [-0.15, -0.1) is 0 Å². The molecule has 0 spiro atoms. The quantitative estimate of drug-likeness (QED) is 0.830. The lowest BCUT2D eigenvalue weighted by molar-refractivity contribution is 0.0936. The third kappa shape index (κ3) is 3.95. The van der Waals surface area contributed by atoms with E-state index in [1.54, 1.807) is 6.07 Å². The summed E-state index contributed by atoms with van der Waals surface area (Å²) in [5.41, 5.74) is -2.34. The van der Waals surface area contributed by atoms with Gasteiger partial charge in [0.25, 0.3) is 0 Å². The lowest BCUT2D eigenvalue weighted by Gasteiger charge is -2.25. The molecule has 0 amide bonds. The molecule has 0 aliphatic carbocycles. The minimum absolute atomic E-state index is 0.0842. The van der Waals surface area contributed by atoms with Gasteiger partial charge in [-0.3, -0.25) is 4.79 Å². The van der Waals surface area contributed by atoms with E-state index in [0.717, 1.165) is 13.8 Å². The van der Waals surface area contributed by atoms with Crippen molar-refractivity contribution in [2.45, 2.75) is 39.1 Å². The number of halogens is 1.